The highest BCUT2D eigenvalue weighted by atomic mass is 35.5. The largest absolute Gasteiger partial charge is 0.333 e. The maximum Gasteiger partial charge on any atom is 0.276 e. The zero-order valence-corrected chi connectivity index (χ0v) is 22.3. The van der Waals surface area contributed by atoms with Gasteiger partial charge < -0.3 is 9.80 Å². The summed E-state index contributed by atoms with van der Waals surface area (Å²) in [4.78, 5) is 35.6. The molecule has 11 heteroatoms. The van der Waals surface area contributed by atoms with E-state index < -0.39 is 17.3 Å². The Kier molecular flexibility index (Phi) is 6.78. The molecule has 2 fully saturated rings. The fourth-order valence-electron chi connectivity index (χ4n) is 4.99. The van der Waals surface area contributed by atoms with E-state index in [9.17, 15) is 14.0 Å². The van der Waals surface area contributed by atoms with Crippen LogP contribution in [-0.4, -0.2) is 68.6 Å². The van der Waals surface area contributed by atoms with E-state index in [4.69, 9.17) is 16.7 Å². The normalized spacial score (nSPS) is 18.9. The maximum absolute atomic E-state index is 13.8. The predicted molar refractivity (Wildman–Crippen MR) is 139 cm³/mol. The van der Waals surface area contributed by atoms with Gasteiger partial charge >= 0.3 is 0 Å². The van der Waals surface area contributed by atoms with Crippen molar-refractivity contribution in [1.82, 2.24) is 24.6 Å². The molecule has 2 saturated heterocycles. The van der Waals surface area contributed by atoms with Gasteiger partial charge in [0.15, 0.2) is 16.5 Å². The molecule has 2 aliphatic heterocycles. The van der Waals surface area contributed by atoms with Crippen molar-refractivity contribution in [3.8, 4) is 0 Å². The maximum atomic E-state index is 13.8. The molecule has 36 heavy (non-hydrogen) atoms. The Morgan fingerprint density at radius 3 is 2.64 bits per heavy atom. The molecule has 2 amide bonds. The summed E-state index contributed by atoms with van der Waals surface area (Å²) in [6.07, 6.45) is 4.41. The van der Waals surface area contributed by atoms with E-state index in [1.54, 1.807) is 4.68 Å². The molecule has 0 spiro atoms. The zero-order chi connectivity index (χ0) is 25.6. The van der Waals surface area contributed by atoms with E-state index in [2.05, 4.69) is 15.2 Å². The molecule has 1 N–H and O–H groups in total. The molecule has 0 aliphatic carbocycles. The zero-order valence-electron chi connectivity index (χ0n) is 20.7. The van der Waals surface area contributed by atoms with Crippen LogP contribution >= 0.6 is 22.9 Å². The van der Waals surface area contributed by atoms with Crippen LogP contribution in [0, 0.1) is 5.82 Å². The minimum Gasteiger partial charge on any atom is -0.333 e. The van der Waals surface area contributed by atoms with Gasteiger partial charge in [0.05, 0.1) is 16.1 Å². The van der Waals surface area contributed by atoms with Crippen LogP contribution in [0.2, 0.25) is 5.02 Å². The second-order valence-electron chi connectivity index (χ2n) is 10.5. The molecule has 2 aliphatic rings. The standard InChI is InChI=1S/C25H30ClFN6O2S/c1-25(2,3)33-21-20(36-24(28-21)29-22(34)17-9-8-15(27)13-18(17)26)19(30-33)23(35)32-12-6-7-16(32)14-31-10-4-5-11-31/h8-9,13,16H,4-7,10-12,14H2,1-3H3,(H,28,29,34)/t16-/m0/s1. The highest BCUT2D eigenvalue weighted by Gasteiger charge is 2.35. The van der Waals surface area contributed by atoms with Crippen LogP contribution in [-0.2, 0) is 5.54 Å². The fraction of sp³-hybridized carbons (Fsp3) is 0.520. The second-order valence-corrected chi connectivity index (χ2v) is 11.9. The number of aromatic nitrogens is 3. The number of likely N-dealkylation sites (tertiary alicyclic amines) is 2. The number of amides is 2. The molecule has 1 aromatic carbocycles. The van der Waals surface area contributed by atoms with Gasteiger partial charge in [-0.1, -0.05) is 22.9 Å². The Morgan fingerprint density at radius 1 is 1.19 bits per heavy atom. The molecule has 3 aromatic rings. The van der Waals surface area contributed by atoms with Gasteiger partial charge in [-0.05, 0) is 77.7 Å². The predicted octanol–water partition coefficient (Wildman–Crippen LogP) is 4.99. The highest BCUT2D eigenvalue weighted by Crippen LogP contribution is 2.34. The van der Waals surface area contributed by atoms with E-state index in [0.717, 1.165) is 38.5 Å². The Bertz CT molecular complexity index is 1310. The van der Waals surface area contributed by atoms with E-state index in [0.29, 0.717) is 27.7 Å². The number of nitrogens with zero attached hydrogens (tertiary/aromatic N) is 5. The van der Waals surface area contributed by atoms with E-state index in [1.807, 2.05) is 25.7 Å². The molecule has 2 aromatic heterocycles. The number of hydrogen-bond donors (Lipinski definition) is 1. The first-order chi connectivity index (χ1) is 17.1. The number of carbonyl (C=O) groups excluding carboxylic acids is 2. The Morgan fingerprint density at radius 2 is 1.94 bits per heavy atom. The highest BCUT2D eigenvalue weighted by molar-refractivity contribution is 7.22. The summed E-state index contributed by atoms with van der Waals surface area (Å²) in [5, 5.41) is 7.82. The lowest BCUT2D eigenvalue weighted by Gasteiger charge is -2.28. The van der Waals surface area contributed by atoms with Crippen LogP contribution in [0.1, 0.15) is 67.3 Å². The summed E-state index contributed by atoms with van der Waals surface area (Å²) in [6, 6.07) is 3.79. The van der Waals surface area contributed by atoms with Crippen LogP contribution in [0.25, 0.3) is 10.3 Å². The van der Waals surface area contributed by atoms with E-state index in [1.165, 1.54) is 36.3 Å². The van der Waals surface area contributed by atoms with Crippen LogP contribution in [0.5, 0.6) is 0 Å². The average Bonchev–Trinajstić information content (AvgIpc) is 3.57. The smallest absolute Gasteiger partial charge is 0.276 e. The van der Waals surface area contributed by atoms with Crippen molar-refractivity contribution in [1.29, 1.82) is 0 Å². The number of nitrogens with one attached hydrogen (secondary N) is 1. The Labute approximate surface area is 218 Å². The monoisotopic (exact) mass is 532 g/mol. The fourth-order valence-corrected chi connectivity index (χ4v) is 6.16. The number of benzene rings is 1. The van der Waals surface area contributed by atoms with Crippen molar-refractivity contribution in [3.63, 3.8) is 0 Å². The number of halogens is 2. The molecule has 0 unspecified atom stereocenters. The van der Waals surface area contributed by atoms with Crippen LogP contribution < -0.4 is 5.32 Å². The van der Waals surface area contributed by atoms with Crippen molar-refractivity contribution >= 4 is 50.2 Å². The number of rotatable bonds is 5. The van der Waals surface area contributed by atoms with Crippen molar-refractivity contribution in [2.75, 3.05) is 31.5 Å². The summed E-state index contributed by atoms with van der Waals surface area (Å²) >= 11 is 7.27. The van der Waals surface area contributed by atoms with Crippen LogP contribution in [0.15, 0.2) is 18.2 Å². The minimum absolute atomic E-state index is 0.0171. The first-order valence-electron chi connectivity index (χ1n) is 12.3. The Balaban J connectivity index is 1.45. The number of thiazole rings is 1. The van der Waals surface area contributed by atoms with Crippen molar-refractivity contribution in [2.24, 2.45) is 0 Å². The summed E-state index contributed by atoms with van der Waals surface area (Å²) in [5.74, 6) is -1.10. The molecule has 8 nitrogen and oxygen atoms in total. The molecule has 0 bridgehead atoms. The summed E-state index contributed by atoms with van der Waals surface area (Å²) < 4.78 is 15.8. The molecule has 4 heterocycles. The van der Waals surface area contributed by atoms with Crippen molar-refractivity contribution in [2.45, 2.75) is 58.0 Å². The summed E-state index contributed by atoms with van der Waals surface area (Å²) in [5.41, 5.74) is 0.636. The third-order valence-electron chi connectivity index (χ3n) is 6.76. The SMILES string of the molecule is CC(C)(C)n1nc(C(=O)N2CCC[C@H]2CN2CCCC2)c2sc(NC(=O)c3ccc(F)cc3Cl)nc21. The number of hydrogen-bond acceptors (Lipinski definition) is 6. The minimum atomic E-state index is -0.519. The van der Waals surface area contributed by atoms with Crippen molar-refractivity contribution < 1.29 is 14.0 Å². The van der Waals surface area contributed by atoms with Gasteiger partial charge in [0.1, 0.15) is 10.5 Å². The number of anilines is 1. The topological polar surface area (TPSA) is 83.4 Å². The quantitative estimate of drug-likeness (QED) is 0.500. The molecule has 0 saturated carbocycles. The molecule has 0 radical (unpaired) electrons. The summed E-state index contributed by atoms with van der Waals surface area (Å²) in [7, 11) is 0. The molecular formula is C25H30ClFN6O2S. The number of carbonyl (C=O) groups is 2. The first kappa shape index (κ1) is 25.1. The van der Waals surface area contributed by atoms with Crippen molar-refractivity contribution in [3.05, 3.63) is 40.3 Å². The third-order valence-corrected chi connectivity index (χ3v) is 8.04. The lowest BCUT2D eigenvalue weighted by Crippen LogP contribution is -2.42. The third kappa shape index (κ3) is 4.86. The van der Waals surface area contributed by atoms with Crippen LogP contribution in [0.3, 0.4) is 0 Å². The Hall–Kier alpha value is -2.56. The van der Waals surface area contributed by atoms with Gasteiger partial charge in [-0.2, -0.15) is 10.1 Å². The van der Waals surface area contributed by atoms with E-state index in [-0.39, 0.29) is 22.5 Å². The molecule has 5 rings (SSSR count). The number of fused-ring (bicyclic) bond motifs is 1. The summed E-state index contributed by atoms with van der Waals surface area (Å²) in [6.45, 7) is 9.79. The average molecular weight is 533 g/mol. The van der Waals surface area contributed by atoms with Gasteiger partial charge in [-0.15, -0.1) is 0 Å². The molecule has 192 valence electrons. The second kappa shape index (κ2) is 9.72. The van der Waals surface area contributed by atoms with Gasteiger partial charge in [-0.3, -0.25) is 14.9 Å². The lowest BCUT2D eigenvalue weighted by molar-refractivity contribution is 0.0703. The van der Waals surface area contributed by atoms with Gasteiger partial charge in [0.25, 0.3) is 11.8 Å². The van der Waals surface area contributed by atoms with Crippen LogP contribution in [0.4, 0.5) is 9.52 Å². The van der Waals surface area contributed by atoms with Gasteiger partial charge in [0.2, 0.25) is 0 Å². The molecular weight excluding hydrogens is 503 g/mol. The van der Waals surface area contributed by atoms with Gasteiger partial charge in [-0.25, -0.2) is 9.07 Å². The first-order valence-corrected chi connectivity index (χ1v) is 13.5. The molecule has 1 atom stereocenters. The lowest BCUT2D eigenvalue weighted by atomic mass is 10.1. The van der Waals surface area contributed by atoms with E-state index >= 15 is 0 Å². The van der Waals surface area contributed by atoms with Gasteiger partial charge in [0, 0.05) is 19.1 Å².